The maximum atomic E-state index is 15.1. The minimum Gasteiger partial charge on any atom is -0.497 e. The number of amides is 1. The third-order valence-electron chi connectivity index (χ3n) is 13.7. The van der Waals surface area contributed by atoms with E-state index in [9.17, 15) is 10.2 Å². The lowest BCUT2D eigenvalue weighted by Gasteiger charge is -2.60. The van der Waals surface area contributed by atoms with Crippen LogP contribution in [0.5, 0.6) is 23.0 Å². The number of aliphatic hydroxyl groups is 2. The van der Waals surface area contributed by atoms with Gasteiger partial charge in [0.25, 0.3) is 0 Å². The minimum absolute atomic E-state index is 0.0613. The smallest absolute Gasteiger partial charge is 0.239 e. The summed E-state index contributed by atoms with van der Waals surface area (Å²) in [4.78, 5) is 23.3. The first-order valence-electron chi connectivity index (χ1n) is 24.4. The number of allylic oxidation sites excluding steroid dienone is 1. The van der Waals surface area contributed by atoms with Crippen LogP contribution in [0.25, 0.3) is 11.1 Å². The second-order valence-corrected chi connectivity index (χ2v) is 18.1. The van der Waals surface area contributed by atoms with Gasteiger partial charge in [-0.25, -0.2) is 0 Å². The Labute approximate surface area is 401 Å². The van der Waals surface area contributed by atoms with Crippen LogP contribution < -0.4 is 14.2 Å². The van der Waals surface area contributed by atoms with Crippen LogP contribution in [0, 0.1) is 17.8 Å². The molecule has 2 aliphatic carbocycles. The zero-order valence-corrected chi connectivity index (χ0v) is 39.5. The predicted molar refractivity (Wildman–Crippen MR) is 267 cm³/mol. The quantitative estimate of drug-likeness (QED) is 0.0378. The highest BCUT2D eigenvalue weighted by molar-refractivity contribution is 6.03. The Bertz CT molecular complexity index is 2490. The Morgan fingerprint density at radius 3 is 2.25 bits per heavy atom. The molecule has 1 fully saturated rings. The molecule has 1 saturated carbocycles. The summed E-state index contributed by atoms with van der Waals surface area (Å²) >= 11 is 0. The average molecular weight is 919 g/mol. The van der Waals surface area contributed by atoms with E-state index in [2.05, 4.69) is 49.9 Å². The summed E-state index contributed by atoms with van der Waals surface area (Å²) < 4.78 is 26.9. The fourth-order valence-electron chi connectivity index (χ4n) is 10.7. The molecule has 0 saturated heterocycles. The van der Waals surface area contributed by atoms with Crippen LogP contribution >= 0.6 is 0 Å². The Morgan fingerprint density at radius 1 is 0.824 bits per heavy atom. The lowest BCUT2D eigenvalue weighted by molar-refractivity contribution is -0.257. The summed E-state index contributed by atoms with van der Waals surface area (Å²) in [5.41, 5.74) is 6.81. The zero-order valence-electron chi connectivity index (χ0n) is 39.5. The van der Waals surface area contributed by atoms with Gasteiger partial charge in [0.2, 0.25) is 11.7 Å². The van der Waals surface area contributed by atoms with Gasteiger partial charge in [-0.3, -0.25) is 4.79 Å². The number of aliphatic hydroxyl groups excluding tert-OH is 2. The molecule has 1 aliphatic heterocycles. The first kappa shape index (κ1) is 48.3. The lowest BCUT2D eigenvalue weighted by atomic mass is 9.55. The molecule has 8 rings (SSSR count). The zero-order chi connectivity index (χ0) is 47.3. The SMILES string of the molecule is C=CCO[C@@]12Oc3ccc(Oc4ccc(-c5ccccc5)cc4)cc3[C@H]3[C@H](CCCCO)[C@@H](CCCCO)C=C(C(=NOCc4ccccc4)C[C@@H]1N(CCC)C(=O)Cc1cccc(OC)c1)[C@H]32. The maximum Gasteiger partial charge on any atom is 0.239 e. The number of hydrogen-bond donors (Lipinski definition) is 2. The minimum atomic E-state index is -1.36. The molecule has 0 bridgehead atoms. The van der Waals surface area contributed by atoms with E-state index in [4.69, 9.17) is 28.9 Å². The largest absolute Gasteiger partial charge is 0.497 e. The Hall–Kier alpha value is -6.20. The molecule has 6 atom stereocenters. The van der Waals surface area contributed by atoms with Gasteiger partial charge >= 0.3 is 0 Å². The number of carbonyl (C=O) groups is 1. The van der Waals surface area contributed by atoms with Crippen molar-refractivity contribution in [2.24, 2.45) is 22.9 Å². The Kier molecular flexibility index (Phi) is 16.5. The molecular weight excluding hydrogens is 853 g/mol. The highest BCUT2D eigenvalue weighted by atomic mass is 16.7. The number of benzene rings is 5. The number of nitrogens with zero attached hydrogens (tertiary/aromatic N) is 2. The number of unbranched alkanes of at least 4 members (excludes halogenated alkanes) is 2. The summed E-state index contributed by atoms with van der Waals surface area (Å²) in [5.74, 6) is 0.851. The molecule has 1 amide bonds. The van der Waals surface area contributed by atoms with Gasteiger partial charge in [-0.1, -0.05) is 122 Å². The van der Waals surface area contributed by atoms with Crippen LogP contribution in [0.3, 0.4) is 0 Å². The molecule has 5 aromatic carbocycles. The van der Waals surface area contributed by atoms with Gasteiger partial charge < -0.3 is 38.9 Å². The van der Waals surface area contributed by atoms with Crippen LogP contribution in [-0.4, -0.2) is 72.0 Å². The number of methoxy groups -OCH3 is 1. The maximum absolute atomic E-state index is 15.1. The van der Waals surface area contributed by atoms with E-state index in [1.807, 2.05) is 102 Å². The second kappa shape index (κ2) is 23.2. The topological polar surface area (TPSA) is 119 Å². The van der Waals surface area contributed by atoms with Crippen molar-refractivity contribution in [3.05, 3.63) is 168 Å². The molecule has 10 nitrogen and oxygen atoms in total. The van der Waals surface area contributed by atoms with Crippen molar-refractivity contribution in [2.75, 3.05) is 33.5 Å². The number of oxime groups is 1. The predicted octanol–water partition coefficient (Wildman–Crippen LogP) is 11.5. The molecule has 356 valence electrons. The van der Waals surface area contributed by atoms with Gasteiger partial charge in [-0.05, 0) is 114 Å². The molecule has 0 radical (unpaired) electrons. The fourth-order valence-corrected chi connectivity index (χ4v) is 10.7. The van der Waals surface area contributed by atoms with Crippen molar-refractivity contribution in [3.8, 4) is 34.1 Å². The van der Waals surface area contributed by atoms with Crippen LogP contribution in [0.15, 0.2) is 157 Å². The summed E-state index contributed by atoms with van der Waals surface area (Å²) in [6.45, 7) is 7.31. The van der Waals surface area contributed by atoms with Crippen LogP contribution in [0.1, 0.15) is 80.9 Å². The van der Waals surface area contributed by atoms with Crippen molar-refractivity contribution in [3.63, 3.8) is 0 Å². The third-order valence-corrected chi connectivity index (χ3v) is 13.7. The van der Waals surface area contributed by atoms with Gasteiger partial charge in [-0.2, -0.15) is 0 Å². The van der Waals surface area contributed by atoms with E-state index in [-0.39, 0.29) is 56.5 Å². The lowest BCUT2D eigenvalue weighted by Crippen LogP contribution is -2.70. The summed E-state index contributed by atoms with van der Waals surface area (Å²) in [5, 5.41) is 25.1. The number of ether oxygens (including phenoxy) is 4. The molecule has 5 aromatic rings. The van der Waals surface area contributed by atoms with Crippen molar-refractivity contribution in [1.29, 1.82) is 0 Å². The van der Waals surface area contributed by atoms with Crippen LogP contribution in [0.4, 0.5) is 0 Å². The standard InChI is InChI=1S/C58H66N2O8/c1-4-31-60(55(63)36-42-19-16-23-47(35-42)64-3)54-39-52(59-66-40-41-17-8-6-9-18-41)50-37-45(22-12-14-32-61)49(24-13-15-33-62)56-51-38-48(29-30-53(51)68-58(54,57(50)56)65-34-5-2)67-46-27-25-44(26-28-46)43-20-10-7-11-21-43/h5-11,16-21,23,25-30,35,37-38,45,49,54,56-57,61-62H,2,4,12-15,22,24,31-34,36,39-40H2,1,3H3/t45-,49+,54-,56+,57+,58+/m0/s1. The van der Waals surface area contributed by atoms with E-state index in [0.29, 0.717) is 55.2 Å². The van der Waals surface area contributed by atoms with E-state index in [1.165, 1.54) is 0 Å². The molecular formula is C58H66N2O8. The monoisotopic (exact) mass is 918 g/mol. The van der Waals surface area contributed by atoms with Gasteiger partial charge in [0.1, 0.15) is 35.6 Å². The molecule has 2 N–H and O–H groups in total. The van der Waals surface area contributed by atoms with E-state index in [1.54, 1.807) is 13.2 Å². The highest BCUT2D eigenvalue weighted by Gasteiger charge is 2.65. The Balaban J connectivity index is 1.28. The first-order valence-corrected chi connectivity index (χ1v) is 24.4. The van der Waals surface area contributed by atoms with E-state index < -0.39 is 17.7 Å². The van der Waals surface area contributed by atoms with Crippen LogP contribution in [-0.2, 0) is 27.4 Å². The van der Waals surface area contributed by atoms with Gasteiger partial charge in [0.05, 0.1) is 31.8 Å². The van der Waals surface area contributed by atoms with Gasteiger partial charge in [0, 0.05) is 37.7 Å². The summed E-state index contributed by atoms with van der Waals surface area (Å²) in [7, 11) is 1.63. The molecule has 68 heavy (non-hydrogen) atoms. The molecule has 0 aromatic heterocycles. The molecule has 10 heteroatoms. The molecule has 0 unspecified atom stereocenters. The second-order valence-electron chi connectivity index (χ2n) is 18.1. The average Bonchev–Trinajstić information content (AvgIpc) is 3.37. The van der Waals surface area contributed by atoms with Crippen LogP contribution in [0.2, 0.25) is 0 Å². The van der Waals surface area contributed by atoms with Crippen molar-refractivity contribution in [1.82, 2.24) is 4.90 Å². The highest BCUT2D eigenvalue weighted by Crippen LogP contribution is 2.62. The normalized spacial score (nSPS) is 22.0. The van der Waals surface area contributed by atoms with E-state index >= 15 is 4.79 Å². The van der Waals surface area contributed by atoms with E-state index in [0.717, 1.165) is 64.8 Å². The van der Waals surface area contributed by atoms with Gasteiger partial charge in [0.15, 0.2) is 0 Å². The Morgan fingerprint density at radius 2 is 1.53 bits per heavy atom. The van der Waals surface area contributed by atoms with Crippen molar-refractivity contribution in [2.45, 2.75) is 89.1 Å². The molecule has 0 spiro atoms. The summed E-state index contributed by atoms with van der Waals surface area (Å²) in [6.07, 6.45) is 9.98. The summed E-state index contributed by atoms with van der Waals surface area (Å²) in [6, 6.07) is 41.5. The molecule has 1 heterocycles. The number of carbonyl (C=O) groups excluding carboxylic acids is 1. The number of hydrogen-bond acceptors (Lipinski definition) is 9. The number of fused-ring (bicyclic) bond motifs is 2. The molecule has 3 aliphatic rings. The third kappa shape index (κ3) is 10.9. The van der Waals surface area contributed by atoms with Crippen molar-refractivity contribution >= 4 is 11.6 Å². The fraction of sp³-hybridized carbons (Fsp3) is 0.379. The van der Waals surface area contributed by atoms with Gasteiger partial charge in [-0.15, -0.1) is 6.58 Å². The van der Waals surface area contributed by atoms with Crippen molar-refractivity contribution < 1.29 is 38.8 Å². The number of rotatable bonds is 23. The first-order chi connectivity index (χ1) is 33.4.